The fourth-order valence-corrected chi connectivity index (χ4v) is 6.37. The summed E-state index contributed by atoms with van der Waals surface area (Å²) < 4.78 is 24.7. The van der Waals surface area contributed by atoms with E-state index in [2.05, 4.69) is 71.9 Å². The van der Waals surface area contributed by atoms with Crippen LogP contribution in [0.15, 0.2) is 79.1 Å². The van der Waals surface area contributed by atoms with Gasteiger partial charge in [0.2, 0.25) is 0 Å². The molecule has 10 heteroatoms. The molecule has 0 fully saturated rings. The van der Waals surface area contributed by atoms with Gasteiger partial charge in [-0.2, -0.15) is 5.26 Å². The Bertz CT molecular complexity index is 2080. The van der Waals surface area contributed by atoms with Crippen LogP contribution in [0.25, 0.3) is 11.1 Å². The maximum absolute atomic E-state index is 9.30. The summed E-state index contributed by atoms with van der Waals surface area (Å²) >= 11 is 0. The average molecular weight is 731 g/mol. The van der Waals surface area contributed by atoms with Crippen molar-refractivity contribution in [3.63, 3.8) is 0 Å². The van der Waals surface area contributed by atoms with Gasteiger partial charge in [-0.15, -0.1) is 0 Å². The molecule has 282 valence electrons. The second kappa shape index (κ2) is 19.6. The SMILES string of the molecule is COc1cc(OCc2cccc(-c3cccc(COc4cc(OCc5cncc(C#N)c5)c(CNCCO)cc4C)c3C)c2C)cc(C)c1CNCCO. The van der Waals surface area contributed by atoms with Gasteiger partial charge in [-0.05, 0) is 90.4 Å². The van der Waals surface area contributed by atoms with Crippen LogP contribution < -0.4 is 29.6 Å². The number of hydrogen-bond donors (Lipinski definition) is 4. The summed E-state index contributed by atoms with van der Waals surface area (Å²) in [4.78, 5) is 4.15. The van der Waals surface area contributed by atoms with Crippen molar-refractivity contribution in [2.45, 2.75) is 60.6 Å². The van der Waals surface area contributed by atoms with Crippen molar-refractivity contribution in [1.82, 2.24) is 15.6 Å². The van der Waals surface area contributed by atoms with E-state index in [4.69, 9.17) is 24.1 Å². The lowest BCUT2D eigenvalue weighted by atomic mass is 9.92. The number of nitrogens with zero attached hydrogens (tertiary/aromatic N) is 2. The Balaban J connectivity index is 1.32. The topological polar surface area (TPSA) is 138 Å². The number of methoxy groups -OCH3 is 1. The largest absolute Gasteiger partial charge is 0.496 e. The molecule has 10 nitrogen and oxygen atoms in total. The first kappa shape index (κ1) is 39.8. The number of rotatable bonds is 19. The number of nitrogens with one attached hydrogen (secondary N) is 2. The number of hydrogen-bond acceptors (Lipinski definition) is 10. The normalized spacial score (nSPS) is 10.9. The van der Waals surface area contributed by atoms with Crippen LogP contribution in [-0.4, -0.2) is 48.6 Å². The Morgan fingerprint density at radius 3 is 1.96 bits per heavy atom. The molecule has 5 rings (SSSR count). The molecule has 0 aliphatic rings. The Morgan fingerprint density at radius 1 is 0.667 bits per heavy atom. The molecule has 0 aliphatic carbocycles. The molecule has 0 saturated heterocycles. The summed E-state index contributed by atoms with van der Waals surface area (Å²) in [5.41, 5.74) is 12.0. The summed E-state index contributed by atoms with van der Waals surface area (Å²) in [5.74, 6) is 2.85. The van der Waals surface area contributed by atoms with Gasteiger partial charge in [0.25, 0.3) is 0 Å². The summed E-state index contributed by atoms with van der Waals surface area (Å²) in [6.45, 7) is 11.5. The third-order valence-corrected chi connectivity index (χ3v) is 9.46. The van der Waals surface area contributed by atoms with Crippen LogP contribution in [0.5, 0.6) is 23.0 Å². The molecule has 0 saturated carbocycles. The monoisotopic (exact) mass is 730 g/mol. The van der Waals surface area contributed by atoms with Gasteiger partial charge in [0.15, 0.2) is 0 Å². The molecule has 0 bridgehead atoms. The number of ether oxygens (including phenoxy) is 4. The highest BCUT2D eigenvalue weighted by atomic mass is 16.5. The quantitative estimate of drug-likeness (QED) is 0.0675. The average Bonchev–Trinajstić information content (AvgIpc) is 3.18. The molecule has 0 unspecified atom stereocenters. The second-order valence-corrected chi connectivity index (χ2v) is 13.2. The highest BCUT2D eigenvalue weighted by molar-refractivity contribution is 5.72. The molecule has 0 radical (unpaired) electrons. The summed E-state index contributed by atoms with van der Waals surface area (Å²) in [6, 6.07) is 24.4. The van der Waals surface area contributed by atoms with Gasteiger partial charge in [-0.25, -0.2) is 0 Å². The fourth-order valence-electron chi connectivity index (χ4n) is 6.37. The Kier molecular flexibility index (Phi) is 14.4. The minimum atomic E-state index is 0.0365. The highest BCUT2D eigenvalue weighted by Crippen LogP contribution is 2.34. The molecule has 0 spiro atoms. The number of aliphatic hydroxyl groups excluding tert-OH is 2. The van der Waals surface area contributed by atoms with Crippen molar-refractivity contribution >= 4 is 0 Å². The van der Waals surface area contributed by atoms with Gasteiger partial charge in [-0.1, -0.05) is 36.4 Å². The molecule has 0 amide bonds. The van der Waals surface area contributed by atoms with E-state index in [0.29, 0.717) is 56.5 Å². The Hall–Kier alpha value is -5.44. The van der Waals surface area contributed by atoms with Gasteiger partial charge in [0.1, 0.15) is 48.9 Å². The van der Waals surface area contributed by atoms with Gasteiger partial charge in [0.05, 0.1) is 25.9 Å². The van der Waals surface area contributed by atoms with E-state index in [1.54, 1.807) is 19.4 Å². The first-order valence-corrected chi connectivity index (χ1v) is 18.1. The molecule has 1 heterocycles. The molecular weight excluding hydrogens is 681 g/mol. The third-order valence-electron chi connectivity index (χ3n) is 9.46. The van der Waals surface area contributed by atoms with E-state index in [1.165, 1.54) is 6.20 Å². The van der Waals surface area contributed by atoms with Gasteiger partial charge >= 0.3 is 0 Å². The molecule has 0 aliphatic heterocycles. The lowest BCUT2D eigenvalue weighted by molar-refractivity contribution is 0.281. The van der Waals surface area contributed by atoms with Crippen molar-refractivity contribution in [3.8, 4) is 40.2 Å². The number of aryl methyl sites for hydroxylation is 2. The zero-order valence-electron chi connectivity index (χ0n) is 31.8. The molecule has 5 aromatic rings. The van der Waals surface area contributed by atoms with Gasteiger partial charge in [0, 0.05) is 67.4 Å². The maximum atomic E-state index is 9.30. The zero-order valence-corrected chi connectivity index (χ0v) is 31.8. The summed E-state index contributed by atoms with van der Waals surface area (Å²) in [7, 11) is 1.66. The van der Waals surface area contributed by atoms with Crippen LogP contribution in [0.3, 0.4) is 0 Å². The van der Waals surface area contributed by atoms with Crippen LogP contribution in [0, 0.1) is 39.0 Å². The molecule has 4 N–H and O–H groups in total. The van der Waals surface area contributed by atoms with Crippen molar-refractivity contribution in [3.05, 3.63) is 135 Å². The standard InChI is InChI=1S/C44H50N4O6/c1-29-17-38(19-44(51-5)41(29)25-47-13-15-50)52-27-35-8-6-10-39(31(35)3)40-11-7-9-36(32(40)4)28-54-42-20-43(37(16-30(42)2)24-46-12-14-49)53-26-34-18-33(21-45)22-48-23-34/h6-11,16-20,22-23,46-47,49-50H,12-15,24-28H2,1-5H3. The Morgan fingerprint density at radius 2 is 1.31 bits per heavy atom. The van der Waals surface area contributed by atoms with Crippen molar-refractivity contribution in [2.24, 2.45) is 0 Å². The molecule has 54 heavy (non-hydrogen) atoms. The predicted molar refractivity (Wildman–Crippen MR) is 210 cm³/mol. The van der Waals surface area contributed by atoms with E-state index in [-0.39, 0.29) is 19.8 Å². The van der Waals surface area contributed by atoms with E-state index in [9.17, 15) is 10.4 Å². The van der Waals surface area contributed by atoms with Crippen LogP contribution in [0.1, 0.15) is 55.6 Å². The lowest BCUT2D eigenvalue weighted by Crippen LogP contribution is -2.18. The second-order valence-electron chi connectivity index (χ2n) is 13.2. The summed E-state index contributed by atoms with van der Waals surface area (Å²) in [5, 5.41) is 34.2. The lowest BCUT2D eigenvalue weighted by Gasteiger charge is -2.19. The summed E-state index contributed by atoms with van der Waals surface area (Å²) in [6.07, 6.45) is 3.21. The van der Waals surface area contributed by atoms with Crippen molar-refractivity contribution in [1.29, 1.82) is 5.26 Å². The van der Waals surface area contributed by atoms with Crippen LogP contribution in [-0.2, 0) is 32.9 Å². The van der Waals surface area contributed by atoms with E-state index in [1.807, 2.05) is 38.1 Å². The van der Waals surface area contributed by atoms with Gasteiger partial charge in [-0.3, -0.25) is 4.98 Å². The smallest absolute Gasteiger partial charge is 0.128 e. The fraction of sp³-hybridized carbons (Fsp3) is 0.318. The molecular formula is C44H50N4O6. The molecule has 0 atom stereocenters. The van der Waals surface area contributed by atoms with Crippen LogP contribution >= 0.6 is 0 Å². The third kappa shape index (κ3) is 10.2. The zero-order chi connectivity index (χ0) is 38.5. The van der Waals surface area contributed by atoms with Crippen LogP contribution in [0.2, 0.25) is 0 Å². The number of pyridine rings is 1. The first-order chi connectivity index (χ1) is 26.3. The van der Waals surface area contributed by atoms with E-state index < -0.39 is 0 Å². The first-order valence-electron chi connectivity index (χ1n) is 18.1. The van der Waals surface area contributed by atoms with Crippen molar-refractivity contribution in [2.75, 3.05) is 33.4 Å². The Labute approximate surface area is 318 Å². The van der Waals surface area contributed by atoms with Crippen LogP contribution in [0.4, 0.5) is 0 Å². The van der Waals surface area contributed by atoms with E-state index in [0.717, 1.165) is 72.7 Å². The highest BCUT2D eigenvalue weighted by Gasteiger charge is 2.16. The number of aromatic nitrogens is 1. The minimum Gasteiger partial charge on any atom is -0.496 e. The van der Waals surface area contributed by atoms with E-state index >= 15 is 0 Å². The molecule has 1 aromatic heterocycles. The molecule has 4 aromatic carbocycles. The maximum Gasteiger partial charge on any atom is 0.128 e. The van der Waals surface area contributed by atoms with Gasteiger partial charge < -0.3 is 39.8 Å². The number of nitriles is 1. The minimum absolute atomic E-state index is 0.0365. The number of aliphatic hydroxyl groups is 2. The van der Waals surface area contributed by atoms with Crippen molar-refractivity contribution < 1.29 is 29.2 Å². The number of benzene rings is 4. The predicted octanol–water partition coefficient (Wildman–Crippen LogP) is 6.76.